The highest BCUT2D eigenvalue weighted by atomic mass is 19.1. The van der Waals surface area contributed by atoms with Gasteiger partial charge in [-0.25, -0.2) is 4.39 Å². The van der Waals surface area contributed by atoms with Crippen molar-refractivity contribution < 1.29 is 9.18 Å². The summed E-state index contributed by atoms with van der Waals surface area (Å²) in [5.41, 5.74) is 9.52. The van der Waals surface area contributed by atoms with E-state index in [9.17, 15) is 9.18 Å². The molecule has 29 heavy (non-hydrogen) atoms. The average molecular weight is 387 g/mol. The number of hydrogen-bond acceptors (Lipinski definition) is 3. The Labute approximate surface area is 170 Å². The molecule has 0 aliphatic carbocycles. The summed E-state index contributed by atoms with van der Waals surface area (Å²) < 4.78 is 13.1. The number of amides is 1. The lowest BCUT2D eigenvalue weighted by molar-refractivity contribution is 0.102. The molecule has 1 amide bonds. The summed E-state index contributed by atoms with van der Waals surface area (Å²) in [6.45, 7) is 1.70. The van der Waals surface area contributed by atoms with Crippen molar-refractivity contribution in [3.63, 3.8) is 0 Å². The van der Waals surface area contributed by atoms with Gasteiger partial charge in [0.25, 0.3) is 5.91 Å². The number of carbonyl (C=O) groups is 1. The highest BCUT2D eigenvalue weighted by Crippen LogP contribution is 2.18. The third-order valence-electron chi connectivity index (χ3n) is 4.47. The van der Waals surface area contributed by atoms with Crippen LogP contribution in [0.3, 0.4) is 0 Å². The first-order valence-corrected chi connectivity index (χ1v) is 9.20. The molecule has 0 aliphatic rings. The molecule has 0 bridgehead atoms. The van der Waals surface area contributed by atoms with Crippen LogP contribution in [-0.2, 0) is 13.1 Å². The van der Waals surface area contributed by atoms with Crippen LogP contribution < -0.4 is 11.1 Å². The van der Waals surface area contributed by atoms with E-state index in [2.05, 4.69) is 16.1 Å². The van der Waals surface area contributed by atoms with E-state index >= 15 is 0 Å². The smallest absolute Gasteiger partial charge is 0.255 e. The van der Waals surface area contributed by atoms with Crippen molar-refractivity contribution in [1.82, 2.24) is 4.90 Å². The van der Waals surface area contributed by atoms with Crippen molar-refractivity contribution in [2.24, 2.45) is 0 Å². The number of rotatable bonds is 7. The van der Waals surface area contributed by atoms with E-state index in [1.165, 1.54) is 12.1 Å². The predicted molar refractivity (Wildman–Crippen MR) is 115 cm³/mol. The van der Waals surface area contributed by atoms with Gasteiger partial charge < -0.3 is 11.1 Å². The lowest BCUT2D eigenvalue weighted by Gasteiger charge is -2.20. The first-order chi connectivity index (χ1) is 14.0. The minimum absolute atomic E-state index is 0.221. The fourth-order valence-corrected chi connectivity index (χ4v) is 2.97. The molecule has 0 aromatic heterocycles. The summed E-state index contributed by atoms with van der Waals surface area (Å²) in [6, 6.07) is 20.9. The minimum atomic E-state index is -0.261. The van der Waals surface area contributed by atoms with Gasteiger partial charge in [-0.15, -0.1) is 6.42 Å². The molecule has 0 fully saturated rings. The minimum Gasteiger partial charge on any atom is -0.397 e. The molecular formula is C24H22FN3O. The Morgan fingerprint density at radius 2 is 1.55 bits per heavy atom. The zero-order valence-electron chi connectivity index (χ0n) is 15.9. The van der Waals surface area contributed by atoms with Crippen molar-refractivity contribution in [3.8, 4) is 12.3 Å². The fourth-order valence-electron chi connectivity index (χ4n) is 2.97. The molecular weight excluding hydrogens is 365 g/mol. The molecule has 3 rings (SSSR count). The highest BCUT2D eigenvalue weighted by Gasteiger charge is 2.10. The number of nitrogens with zero attached hydrogens (tertiary/aromatic N) is 1. The van der Waals surface area contributed by atoms with Crippen molar-refractivity contribution >= 4 is 17.3 Å². The van der Waals surface area contributed by atoms with Crippen molar-refractivity contribution in [1.29, 1.82) is 0 Å². The number of hydrogen-bond donors (Lipinski definition) is 2. The molecule has 3 N–H and O–H groups in total. The molecule has 5 heteroatoms. The predicted octanol–water partition coefficient (Wildman–Crippen LogP) is 4.30. The molecule has 0 atom stereocenters. The van der Waals surface area contributed by atoms with Gasteiger partial charge in [0.1, 0.15) is 5.82 Å². The van der Waals surface area contributed by atoms with Crippen LogP contribution in [0.15, 0.2) is 72.8 Å². The number of para-hydroxylation sites is 2. The van der Waals surface area contributed by atoms with Crippen molar-refractivity contribution in [3.05, 3.63) is 95.3 Å². The molecule has 0 saturated carbocycles. The molecule has 0 unspecified atom stereocenters. The van der Waals surface area contributed by atoms with Crippen molar-refractivity contribution in [2.45, 2.75) is 13.1 Å². The Kier molecular flexibility index (Phi) is 6.62. The molecule has 4 nitrogen and oxygen atoms in total. The van der Waals surface area contributed by atoms with Crippen LogP contribution in [0.1, 0.15) is 21.5 Å². The SMILES string of the molecule is C#CCN(Cc1ccc(F)cc1)Cc1ccc(C(=O)Nc2ccccc2N)cc1. The Morgan fingerprint density at radius 1 is 0.966 bits per heavy atom. The van der Waals surface area contributed by atoms with Gasteiger partial charge in [-0.1, -0.05) is 42.3 Å². The number of nitrogens with two attached hydrogens (primary N) is 1. The third kappa shape index (κ3) is 5.68. The normalized spacial score (nSPS) is 10.5. The number of terminal acetylenes is 1. The number of benzene rings is 3. The molecule has 0 aliphatic heterocycles. The second-order valence-corrected chi connectivity index (χ2v) is 6.71. The number of anilines is 2. The maximum atomic E-state index is 13.1. The molecule has 146 valence electrons. The van der Waals surface area contributed by atoms with E-state index in [1.807, 2.05) is 24.3 Å². The van der Waals surface area contributed by atoms with E-state index in [-0.39, 0.29) is 11.7 Å². The molecule has 3 aromatic carbocycles. The van der Waals surface area contributed by atoms with Crippen LogP contribution in [0.25, 0.3) is 0 Å². The van der Waals surface area contributed by atoms with Gasteiger partial charge in [-0.3, -0.25) is 9.69 Å². The van der Waals surface area contributed by atoms with E-state index < -0.39 is 0 Å². The molecule has 0 radical (unpaired) electrons. The summed E-state index contributed by atoms with van der Waals surface area (Å²) in [5, 5.41) is 2.81. The molecule has 3 aromatic rings. The van der Waals surface area contributed by atoms with Gasteiger partial charge in [0.15, 0.2) is 0 Å². The number of nitrogens with one attached hydrogen (secondary N) is 1. The van der Waals surface area contributed by atoms with Gasteiger partial charge in [-0.2, -0.15) is 0 Å². The summed E-state index contributed by atoms with van der Waals surface area (Å²) in [7, 11) is 0. The van der Waals surface area contributed by atoms with Crippen molar-refractivity contribution in [2.75, 3.05) is 17.6 Å². The van der Waals surface area contributed by atoms with Gasteiger partial charge in [-0.05, 0) is 47.5 Å². The topological polar surface area (TPSA) is 58.4 Å². The Bertz CT molecular complexity index is 1010. The first-order valence-electron chi connectivity index (χ1n) is 9.20. The van der Waals surface area contributed by atoms with Gasteiger partial charge in [0.2, 0.25) is 0 Å². The zero-order chi connectivity index (χ0) is 20.6. The average Bonchev–Trinajstić information content (AvgIpc) is 2.72. The van der Waals surface area contributed by atoms with Crippen LogP contribution in [0.5, 0.6) is 0 Å². The largest absolute Gasteiger partial charge is 0.397 e. The van der Waals surface area contributed by atoms with E-state index in [0.29, 0.717) is 36.6 Å². The van der Waals surface area contributed by atoms with E-state index in [1.54, 1.807) is 36.4 Å². The second kappa shape index (κ2) is 9.54. The van der Waals surface area contributed by atoms with Crippen LogP contribution >= 0.6 is 0 Å². The van der Waals surface area contributed by atoms with Gasteiger partial charge >= 0.3 is 0 Å². The third-order valence-corrected chi connectivity index (χ3v) is 4.47. The lowest BCUT2D eigenvalue weighted by atomic mass is 10.1. The highest BCUT2D eigenvalue weighted by molar-refractivity contribution is 6.05. The molecule has 0 spiro atoms. The van der Waals surface area contributed by atoms with Crippen LogP contribution in [0.2, 0.25) is 0 Å². The Morgan fingerprint density at radius 3 is 2.14 bits per heavy atom. The summed E-state index contributed by atoms with van der Waals surface area (Å²) in [6.07, 6.45) is 5.50. The van der Waals surface area contributed by atoms with Crippen LogP contribution in [-0.4, -0.2) is 17.4 Å². The quantitative estimate of drug-likeness (QED) is 0.470. The van der Waals surface area contributed by atoms with Gasteiger partial charge in [0, 0.05) is 18.7 Å². The van der Waals surface area contributed by atoms with E-state index in [4.69, 9.17) is 12.2 Å². The van der Waals surface area contributed by atoms with Gasteiger partial charge in [0.05, 0.1) is 17.9 Å². The monoisotopic (exact) mass is 387 g/mol. The summed E-state index contributed by atoms with van der Waals surface area (Å²) >= 11 is 0. The second-order valence-electron chi connectivity index (χ2n) is 6.71. The standard InChI is InChI=1S/C24H22FN3O/c1-2-15-28(17-19-9-13-21(25)14-10-19)16-18-7-11-20(12-8-18)24(29)27-23-6-4-3-5-22(23)26/h1,3-14H,15-17,26H2,(H,27,29). The summed E-state index contributed by atoms with van der Waals surface area (Å²) in [5.74, 6) is 2.18. The zero-order valence-corrected chi connectivity index (χ0v) is 15.9. The Hall–Kier alpha value is -3.62. The maximum Gasteiger partial charge on any atom is 0.255 e. The van der Waals surface area contributed by atoms with Crippen LogP contribution in [0, 0.1) is 18.2 Å². The molecule has 0 saturated heterocycles. The molecule has 0 heterocycles. The lowest BCUT2D eigenvalue weighted by Crippen LogP contribution is -2.23. The number of halogens is 1. The first kappa shape index (κ1) is 20.1. The number of nitrogen functional groups attached to an aromatic ring is 1. The summed E-state index contributed by atoms with van der Waals surface area (Å²) in [4.78, 5) is 14.5. The number of carbonyl (C=O) groups excluding carboxylic acids is 1. The fraction of sp³-hybridized carbons (Fsp3) is 0.125. The maximum absolute atomic E-state index is 13.1. The van der Waals surface area contributed by atoms with E-state index in [0.717, 1.165) is 11.1 Å². The van der Waals surface area contributed by atoms with Crippen LogP contribution in [0.4, 0.5) is 15.8 Å². The Balaban J connectivity index is 1.64.